The highest BCUT2D eigenvalue weighted by Crippen LogP contribution is 2.34. The molecule has 0 amide bonds. The Balaban J connectivity index is 2.46. The molecule has 0 spiro atoms. The minimum atomic E-state index is 0.433. The Kier molecular flexibility index (Phi) is 6.25. The van der Waals surface area contributed by atoms with Crippen LogP contribution in [0.5, 0.6) is 0 Å². The summed E-state index contributed by atoms with van der Waals surface area (Å²) in [5.41, 5.74) is 1.43. The molecule has 2 aromatic rings. The van der Waals surface area contributed by atoms with E-state index in [1.807, 2.05) is 0 Å². The lowest BCUT2D eigenvalue weighted by Gasteiger charge is -2.27. The second kappa shape index (κ2) is 7.95. The van der Waals surface area contributed by atoms with Gasteiger partial charge in [-0.3, -0.25) is 0 Å². The molecule has 0 aliphatic heterocycles. The average molecular weight is 348 g/mol. The van der Waals surface area contributed by atoms with Crippen molar-refractivity contribution in [1.82, 2.24) is 5.32 Å². The maximum absolute atomic E-state index is 3.77. The molecular formula is C19H26BrN. The van der Waals surface area contributed by atoms with E-state index in [9.17, 15) is 0 Å². The van der Waals surface area contributed by atoms with Gasteiger partial charge in [-0.05, 0) is 47.7 Å². The van der Waals surface area contributed by atoms with Gasteiger partial charge in [0.05, 0.1) is 0 Å². The van der Waals surface area contributed by atoms with Crippen molar-refractivity contribution in [2.24, 2.45) is 5.92 Å². The molecule has 21 heavy (non-hydrogen) atoms. The van der Waals surface area contributed by atoms with Crippen molar-refractivity contribution in [3.63, 3.8) is 0 Å². The first-order chi connectivity index (χ1) is 10.2. The lowest BCUT2D eigenvalue weighted by Crippen LogP contribution is -2.28. The van der Waals surface area contributed by atoms with Crippen LogP contribution in [0.1, 0.15) is 51.6 Å². The number of rotatable bonds is 7. The molecule has 1 N–H and O–H groups in total. The van der Waals surface area contributed by atoms with Gasteiger partial charge in [-0.1, -0.05) is 73.5 Å². The standard InChI is InChI=1S/C19H26BrN/c1-4-8-14(3)19(21-13-5-2)17-11-12-18(20)16-10-7-6-9-15(16)17/h6-7,9-12,14,19,21H,4-5,8,13H2,1-3H3. The van der Waals surface area contributed by atoms with Crippen molar-refractivity contribution < 1.29 is 0 Å². The van der Waals surface area contributed by atoms with Gasteiger partial charge < -0.3 is 5.32 Å². The molecule has 1 nitrogen and oxygen atoms in total. The van der Waals surface area contributed by atoms with Gasteiger partial charge >= 0.3 is 0 Å². The Morgan fingerprint density at radius 1 is 1.00 bits per heavy atom. The molecule has 114 valence electrons. The zero-order valence-electron chi connectivity index (χ0n) is 13.3. The van der Waals surface area contributed by atoms with Gasteiger partial charge in [0.15, 0.2) is 0 Å². The number of fused-ring (bicyclic) bond motifs is 1. The van der Waals surface area contributed by atoms with E-state index in [2.05, 4.69) is 78.4 Å². The minimum absolute atomic E-state index is 0.433. The molecule has 0 heterocycles. The predicted octanol–water partition coefficient (Wildman–Crippen LogP) is 6.08. The zero-order valence-corrected chi connectivity index (χ0v) is 14.9. The van der Waals surface area contributed by atoms with Crippen molar-refractivity contribution in [3.05, 3.63) is 46.4 Å². The van der Waals surface area contributed by atoms with E-state index < -0.39 is 0 Å². The van der Waals surface area contributed by atoms with Crippen LogP contribution in [0.4, 0.5) is 0 Å². The third kappa shape index (κ3) is 3.87. The van der Waals surface area contributed by atoms with E-state index >= 15 is 0 Å². The first-order valence-corrected chi connectivity index (χ1v) is 8.88. The van der Waals surface area contributed by atoms with Crippen LogP contribution in [0.2, 0.25) is 0 Å². The summed E-state index contributed by atoms with van der Waals surface area (Å²) in [6, 6.07) is 13.6. The van der Waals surface area contributed by atoms with Gasteiger partial charge in [-0.25, -0.2) is 0 Å². The Morgan fingerprint density at radius 2 is 1.71 bits per heavy atom. The molecule has 0 aliphatic rings. The molecule has 0 bridgehead atoms. The number of hydrogen-bond acceptors (Lipinski definition) is 1. The van der Waals surface area contributed by atoms with Crippen LogP contribution in [0.15, 0.2) is 40.9 Å². The number of nitrogens with one attached hydrogen (secondary N) is 1. The third-order valence-electron chi connectivity index (χ3n) is 4.17. The summed E-state index contributed by atoms with van der Waals surface area (Å²) in [7, 11) is 0. The molecule has 0 aliphatic carbocycles. The normalized spacial score (nSPS) is 14.3. The maximum atomic E-state index is 3.77. The fourth-order valence-corrected chi connectivity index (χ4v) is 3.57. The SMILES string of the molecule is CCCNC(c1ccc(Br)c2ccccc12)C(C)CCC. The molecule has 0 saturated carbocycles. The van der Waals surface area contributed by atoms with Gasteiger partial charge in [-0.15, -0.1) is 0 Å². The second-order valence-corrected chi connectivity index (χ2v) is 6.73. The second-order valence-electron chi connectivity index (χ2n) is 5.88. The molecule has 2 unspecified atom stereocenters. The lowest BCUT2D eigenvalue weighted by molar-refractivity contribution is 0.365. The molecule has 0 aromatic heterocycles. The van der Waals surface area contributed by atoms with Gasteiger partial charge in [0, 0.05) is 10.5 Å². The quantitative estimate of drug-likeness (QED) is 0.639. The highest BCUT2D eigenvalue weighted by molar-refractivity contribution is 9.10. The van der Waals surface area contributed by atoms with Crippen LogP contribution in [-0.2, 0) is 0 Å². The Hall–Kier alpha value is -0.860. The zero-order chi connectivity index (χ0) is 15.2. The minimum Gasteiger partial charge on any atom is -0.310 e. The summed E-state index contributed by atoms with van der Waals surface area (Å²) in [5.74, 6) is 0.645. The summed E-state index contributed by atoms with van der Waals surface area (Å²) in [5, 5.41) is 6.44. The summed E-state index contributed by atoms with van der Waals surface area (Å²) in [6.07, 6.45) is 3.66. The van der Waals surface area contributed by atoms with Crippen LogP contribution in [-0.4, -0.2) is 6.54 Å². The van der Waals surface area contributed by atoms with E-state index in [4.69, 9.17) is 0 Å². The maximum Gasteiger partial charge on any atom is 0.0352 e. The fraction of sp³-hybridized carbons (Fsp3) is 0.474. The van der Waals surface area contributed by atoms with Crippen molar-refractivity contribution in [2.45, 2.75) is 46.1 Å². The summed E-state index contributed by atoms with van der Waals surface area (Å²) in [4.78, 5) is 0. The fourth-order valence-electron chi connectivity index (χ4n) is 3.10. The van der Waals surface area contributed by atoms with Gasteiger partial charge in [0.1, 0.15) is 0 Å². The van der Waals surface area contributed by atoms with Crippen LogP contribution < -0.4 is 5.32 Å². The van der Waals surface area contributed by atoms with Crippen molar-refractivity contribution in [2.75, 3.05) is 6.54 Å². The monoisotopic (exact) mass is 347 g/mol. The van der Waals surface area contributed by atoms with E-state index in [1.165, 1.54) is 40.1 Å². The molecule has 0 radical (unpaired) electrons. The van der Waals surface area contributed by atoms with Crippen LogP contribution in [0.25, 0.3) is 10.8 Å². The number of hydrogen-bond donors (Lipinski definition) is 1. The largest absolute Gasteiger partial charge is 0.310 e. The average Bonchev–Trinajstić information content (AvgIpc) is 2.50. The van der Waals surface area contributed by atoms with Crippen molar-refractivity contribution in [1.29, 1.82) is 0 Å². The van der Waals surface area contributed by atoms with Gasteiger partial charge in [0.2, 0.25) is 0 Å². The van der Waals surface area contributed by atoms with E-state index in [0.29, 0.717) is 12.0 Å². The van der Waals surface area contributed by atoms with E-state index in [-0.39, 0.29) is 0 Å². The third-order valence-corrected chi connectivity index (χ3v) is 4.86. The Bertz CT molecular complexity index is 579. The molecule has 2 rings (SSSR count). The first-order valence-electron chi connectivity index (χ1n) is 8.09. The van der Waals surface area contributed by atoms with Crippen molar-refractivity contribution >= 4 is 26.7 Å². The predicted molar refractivity (Wildman–Crippen MR) is 96.8 cm³/mol. The smallest absolute Gasteiger partial charge is 0.0352 e. The molecular weight excluding hydrogens is 322 g/mol. The summed E-state index contributed by atoms with van der Waals surface area (Å²) >= 11 is 3.68. The Labute approximate surface area is 137 Å². The van der Waals surface area contributed by atoms with E-state index in [1.54, 1.807) is 0 Å². The molecule has 0 fully saturated rings. The van der Waals surface area contributed by atoms with Gasteiger partial charge in [-0.2, -0.15) is 0 Å². The molecule has 0 saturated heterocycles. The van der Waals surface area contributed by atoms with Crippen molar-refractivity contribution in [3.8, 4) is 0 Å². The topological polar surface area (TPSA) is 12.0 Å². The highest BCUT2D eigenvalue weighted by atomic mass is 79.9. The van der Waals surface area contributed by atoms with Gasteiger partial charge in [0.25, 0.3) is 0 Å². The highest BCUT2D eigenvalue weighted by Gasteiger charge is 2.20. The first kappa shape index (κ1) is 16.5. The Morgan fingerprint density at radius 3 is 2.38 bits per heavy atom. The van der Waals surface area contributed by atoms with Crippen LogP contribution in [0.3, 0.4) is 0 Å². The lowest BCUT2D eigenvalue weighted by atomic mass is 9.88. The molecule has 2 aromatic carbocycles. The van der Waals surface area contributed by atoms with E-state index in [0.717, 1.165) is 6.54 Å². The molecule has 2 atom stereocenters. The van der Waals surface area contributed by atoms with Crippen LogP contribution >= 0.6 is 15.9 Å². The number of halogens is 1. The summed E-state index contributed by atoms with van der Waals surface area (Å²) in [6.45, 7) is 7.94. The number of benzene rings is 2. The summed E-state index contributed by atoms with van der Waals surface area (Å²) < 4.78 is 1.18. The van der Waals surface area contributed by atoms with Crippen LogP contribution in [0, 0.1) is 5.92 Å². The molecule has 2 heteroatoms.